The molecule has 2 aliphatic rings. The van der Waals surface area contributed by atoms with E-state index in [0.717, 1.165) is 12.8 Å². The van der Waals surface area contributed by atoms with Crippen molar-refractivity contribution in [2.24, 2.45) is 5.92 Å². The number of piperidine rings is 1. The Morgan fingerprint density at radius 2 is 1.92 bits per heavy atom. The van der Waals surface area contributed by atoms with Crippen molar-refractivity contribution in [3.63, 3.8) is 0 Å². The smallest absolute Gasteiger partial charge is 0.157 e. The van der Waals surface area contributed by atoms with Gasteiger partial charge in [0.1, 0.15) is 0 Å². The van der Waals surface area contributed by atoms with Crippen molar-refractivity contribution in [3.8, 4) is 0 Å². The van der Waals surface area contributed by atoms with Crippen molar-refractivity contribution in [1.82, 2.24) is 5.32 Å². The number of hydrogen-bond acceptors (Lipinski definition) is 3. The molecule has 2 rings (SSSR count). The lowest BCUT2D eigenvalue weighted by atomic mass is 9.92. The molecule has 0 spiro atoms. The van der Waals surface area contributed by atoms with Gasteiger partial charge in [0.2, 0.25) is 0 Å². The van der Waals surface area contributed by atoms with Gasteiger partial charge in [0.15, 0.2) is 6.29 Å². The van der Waals surface area contributed by atoms with E-state index in [-0.39, 0.29) is 0 Å². The zero-order valence-corrected chi connectivity index (χ0v) is 7.49. The van der Waals surface area contributed by atoms with Gasteiger partial charge in [0.05, 0.1) is 0 Å². The van der Waals surface area contributed by atoms with E-state index < -0.39 is 6.29 Å². The van der Waals surface area contributed by atoms with E-state index in [1.54, 1.807) is 7.11 Å². The van der Waals surface area contributed by atoms with Crippen LogP contribution in [0.5, 0.6) is 0 Å². The SMILES string of the molecule is COC(O)C1CC2CCC(C1)N2. The van der Waals surface area contributed by atoms with Crippen molar-refractivity contribution in [2.75, 3.05) is 7.11 Å². The molecule has 2 saturated heterocycles. The van der Waals surface area contributed by atoms with Crippen LogP contribution in [0.2, 0.25) is 0 Å². The summed E-state index contributed by atoms with van der Waals surface area (Å²) in [6.07, 6.45) is 4.15. The number of hydrogen-bond donors (Lipinski definition) is 2. The summed E-state index contributed by atoms with van der Waals surface area (Å²) >= 11 is 0. The topological polar surface area (TPSA) is 41.5 Å². The maximum atomic E-state index is 9.50. The normalized spacial score (nSPS) is 43.0. The van der Waals surface area contributed by atoms with Gasteiger partial charge in [-0.1, -0.05) is 0 Å². The summed E-state index contributed by atoms with van der Waals surface area (Å²) in [5.74, 6) is 0.355. The molecule has 0 saturated carbocycles. The molecule has 12 heavy (non-hydrogen) atoms. The Morgan fingerprint density at radius 3 is 2.42 bits per heavy atom. The molecule has 2 heterocycles. The molecule has 2 N–H and O–H groups in total. The summed E-state index contributed by atoms with van der Waals surface area (Å²) < 4.78 is 4.94. The molecule has 2 fully saturated rings. The Balaban J connectivity index is 1.93. The first kappa shape index (κ1) is 8.48. The molecule has 2 aliphatic heterocycles. The molecule has 2 bridgehead atoms. The predicted octanol–water partition coefficient (Wildman–Crippen LogP) is 0.482. The van der Waals surface area contributed by atoms with Crippen LogP contribution in [0.3, 0.4) is 0 Å². The minimum Gasteiger partial charge on any atom is -0.368 e. The maximum absolute atomic E-state index is 9.50. The molecular weight excluding hydrogens is 154 g/mol. The quantitative estimate of drug-likeness (QED) is 0.594. The molecular formula is C9H17NO2. The lowest BCUT2D eigenvalue weighted by molar-refractivity contribution is -0.122. The fourth-order valence-corrected chi connectivity index (χ4v) is 2.53. The van der Waals surface area contributed by atoms with E-state index in [0.29, 0.717) is 18.0 Å². The molecule has 0 aliphatic carbocycles. The van der Waals surface area contributed by atoms with Crippen LogP contribution in [0.25, 0.3) is 0 Å². The van der Waals surface area contributed by atoms with Gasteiger partial charge in [-0.05, 0) is 25.7 Å². The molecule has 3 atom stereocenters. The van der Waals surface area contributed by atoms with Crippen molar-refractivity contribution in [1.29, 1.82) is 0 Å². The summed E-state index contributed by atoms with van der Waals surface area (Å²) in [7, 11) is 1.58. The molecule has 3 unspecified atom stereocenters. The first-order valence-corrected chi connectivity index (χ1v) is 4.76. The number of aliphatic hydroxyl groups is 1. The molecule has 0 aromatic rings. The van der Waals surface area contributed by atoms with Gasteiger partial charge in [-0.15, -0.1) is 0 Å². The Morgan fingerprint density at radius 1 is 1.33 bits per heavy atom. The van der Waals surface area contributed by atoms with Gasteiger partial charge in [-0.2, -0.15) is 0 Å². The van der Waals surface area contributed by atoms with Crippen LogP contribution >= 0.6 is 0 Å². The van der Waals surface area contributed by atoms with Gasteiger partial charge >= 0.3 is 0 Å². The highest BCUT2D eigenvalue weighted by atomic mass is 16.6. The highest BCUT2D eigenvalue weighted by molar-refractivity contribution is 4.92. The fourth-order valence-electron chi connectivity index (χ4n) is 2.53. The zero-order valence-electron chi connectivity index (χ0n) is 7.49. The fraction of sp³-hybridized carbons (Fsp3) is 1.00. The molecule has 70 valence electrons. The Labute approximate surface area is 73.1 Å². The summed E-state index contributed by atoms with van der Waals surface area (Å²) in [4.78, 5) is 0. The van der Waals surface area contributed by atoms with E-state index in [9.17, 15) is 5.11 Å². The van der Waals surface area contributed by atoms with Crippen LogP contribution in [0.1, 0.15) is 25.7 Å². The summed E-state index contributed by atoms with van der Waals surface area (Å²) in [6, 6.07) is 1.28. The van der Waals surface area contributed by atoms with Gasteiger partial charge in [0, 0.05) is 25.1 Å². The first-order chi connectivity index (χ1) is 5.79. The number of ether oxygens (including phenoxy) is 1. The van der Waals surface area contributed by atoms with Crippen molar-refractivity contribution < 1.29 is 9.84 Å². The van der Waals surface area contributed by atoms with E-state index in [4.69, 9.17) is 4.74 Å². The third kappa shape index (κ3) is 1.49. The lowest BCUT2D eigenvalue weighted by Crippen LogP contribution is -2.42. The second-order valence-corrected chi connectivity index (χ2v) is 4.00. The maximum Gasteiger partial charge on any atom is 0.157 e. The van der Waals surface area contributed by atoms with Gasteiger partial charge in [0.25, 0.3) is 0 Å². The number of methoxy groups -OCH3 is 1. The van der Waals surface area contributed by atoms with Gasteiger partial charge < -0.3 is 15.2 Å². The summed E-state index contributed by atoms with van der Waals surface area (Å²) in [6.45, 7) is 0. The van der Waals surface area contributed by atoms with Crippen LogP contribution in [-0.2, 0) is 4.74 Å². The van der Waals surface area contributed by atoms with E-state index >= 15 is 0 Å². The van der Waals surface area contributed by atoms with E-state index in [1.807, 2.05) is 0 Å². The second kappa shape index (κ2) is 3.32. The minimum atomic E-state index is -0.546. The molecule has 3 heteroatoms. The molecule has 3 nitrogen and oxygen atoms in total. The van der Waals surface area contributed by atoms with Crippen molar-refractivity contribution in [3.05, 3.63) is 0 Å². The van der Waals surface area contributed by atoms with E-state index in [2.05, 4.69) is 5.32 Å². The Kier molecular flexibility index (Phi) is 2.35. The summed E-state index contributed by atoms with van der Waals surface area (Å²) in [5.41, 5.74) is 0. The standard InChI is InChI=1S/C9H17NO2/c1-12-9(11)6-4-7-2-3-8(5-6)10-7/h6-11H,2-5H2,1H3. The van der Waals surface area contributed by atoms with Crippen molar-refractivity contribution >= 4 is 0 Å². The zero-order chi connectivity index (χ0) is 8.55. The van der Waals surface area contributed by atoms with Crippen LogP contribution in [0.15, 0.2) is 0 Å². The van der Waals surface area contributed by atoms with E-state index in [1.165, 1.54) is 12.8 Å². The highest BCUT2D eigenvalue weighted by Gasteiger charge is 2.36. The van der Waals surface area contributed by atoms with Crippen LogP contribution < -0.4 is 5.32 Å². The average Bonchev–Trinajstić information content (AvgIpc) is 2.44. The van der Waals surface area contributed by atoms with Crippen molar-refractivity contribution in [2.45, 2.75) is 44.1 Å². The first-order valence-electron chi connectivity index (χ1n) is 4.76. The molecule has 0 amide bonds. The van der Waals surface area contributed by atoms with Crippen LogP contribution in [0.4, 0.5) is 0 Å². The predicted molar refractivity (Wildman–Crippen MR) is 45.7 cm³/mol. The third-order valence-electron chi connectivity index (χ3n) is 3.15. The number of rotatable bonds is 2. The monoisotopic (exact) mass is 171 g/mol. The Bertz CT molecular complexity index is 151. The lowest BCUT2D eigenvalue weighted by Gasteiger charge is -2.31. The summed E-state index contributed by atoms with van der Waals surface area (Å²) in [5, 5.41) is 13.0. The second-order valence-electron chi connectivity index (χ2n) is 4.00. The Hall–Kier alpha value is -0.120. The van der Waals surface area contributed by atoms with Crippen LogP contribution in [-0.4, -0.2) is 30.6 Å². The minimum absolute atomic E-state index is 0.355. The molecule has 0 aromatic heterocycles. The molecule has 0 radical (unpaired) electrons. The average molecular weight is 171 g/mol. The van der Waals surface area contributed by atoms with Gasteiger partial charge in [-0.25, -0.2) is 0 Å². The third-order valence-corrected chi connectivity index (χ3v) is 3.15. The number of aliphatic hydroxyl groups excluding tert-OH is 1. The number of fused-ring (bicyclic) bond motifs is 2. The van der Waals surface area contributed by atoms with Crippen LogP contribution in [0, 0.1) is 5.92 Å². The molecule has 0 aromatic carbocycles. The van der Waals surface area contributed by atoms with Gasteiger partial charge in [-0.3, -0.25) is 0 Å². The number of nitrogens with one attached hydrogen (secondary N) is 1. The highest BCUT2D eigenvalue weighted by Crippen LogP contribution is 2.32. The largest absolute Gasteiger partial charge is 0.368 e.